The zero-order valence-corrected chi connectivity index (χ0v) is 7.96. The maximum Gasteiger partial charge on any atom is 0.497 e. The second-order valence-corrected chi connectivity index (χ2v) is 5.09. The van der Waals surface area contributed by atoms with Crippen molar-refractivity contribution in [3.63, 3.8) is 0 Å². The van der Waals surface area contributed by atoms with Gasteiger partial charge in [-0.3, -0.25) is 0 Å². The fourth-order valence-corrected chi connectivity index (χ4v) is 2.06. The highest BCUT2D eigenvalue weighted by molar-refractivity contribution is 6.59. The van der Waals surface area contributed by atoms with E-state index < -0.39 is 8.80 Å². The molecule has 0 unspecified atom stereocenters. The maximum absolute atomic E-state index is 5.39. The van der Waals surface area contributed by atoms with Gasteiger partial charge in [0.1, 0.15) is 0 Å². The Kier molecular flexibility index (Phi) is 3.47. The molecule has 1 fully saturated rings. The average molecular weight is 178 g/mol. The molecule has 1 heterocycles. The Morgan fingerprint density at radius 2 is 1.64 bits per heavy atom. The first-order valence-electron chi connectivity index (χ1n) is 3.68. The number of hydrogen-bond donors (Lipinski definition) is 0. The number of ether oxygens (including phenoxy) is 1. The molecule has 0 saturated carbocycles. The summed E-state index contributed by atoms with van der Waals surface area (Å²) in [7, 11) is -0.653. The van der Waals surface area contributed by atoms with Crippen molar-refractivity contribution in [2.75, 3.05) is 33.5 Å². The molecular weight excluding hydrogens is 164 g/mol. The minimum Gasteiger partial charge on any atom is -0.377 e. The van der Waals surface area contributed by atoms with Gasteiger partial charge in [-0.15, -0.1) is 0 Å². The maximum atomic E-state index is 5.39. The van der Waals surface area contributed by atoms with Crippen LogP contribution < -0.4 is 0 Å². The van der Waals surface area contributed by atoms with Crippen molar-refractivity contribution in [2.24, 2.45) is 0 Å². The molecule has 0 aromatic rings. The summed E-state index contributed by atoms with van der Waals surface area (Å²) in [4.78, 5) is 0. The van der Waals surface area contributed by atoms with E-state index in [0.717, 1.165) is 0 Å². The second kappa shape index (κ2) is 4.17. The van der Waals surface area contributed by atoms with E-state index in [1.54, 1.807) is 7.11 Å². The molecule has 66 valence electrons. The van der Waals surface area contributed by atoms with E-state index in [9.17, 15) is 0 Å². The third kappa shape index (κ3) is 2.88. The predicted molar refractivity (Wildman–Crippen MR) is 41.4 cm³/mol. The van der Waals surface area contributed by atoms with Crippen molar-refractivity contribution in [3.05, 3.63) is 0 Å². The third-order valence-electron chi connectivity index (χ3n) is 1.55. The van der Waals surface area contributed by atoms with Crippen LogP contribution in [0.15, 0.2) is 0 Å². The van der Waals surface area contributed by atoms with Gasteiger partial charge in [0.05, 0.1) is 26.4 Å². The molecule has 11 heavy (non-hydrogen) atoms. The topological polar surface area (TPSA) is 36.9 Å². The molecule has 0 aromatic heterocycles. The van der Waals surface area contributed by atoms with Crippen molar-refractivity contribution < 1.29 is 18.0 Å². The van der Waals surface area contributed by atoms with E-state index in [2.05, 4.69) is 0 Å². The van der Waals surface area contributed by atoms with E-state index in [0.29, 0.717) is 26.4 Å². The Morgan fingerprint density at radius 3 is 2.09 bits per heavy atom. The van der Waals surface area contributed by atoms with Crippen molar-refractivity contribution >= 4 is 8.80 Å². The highest BCUT2D eigenvalue weighted by Crippen LogP contribution is 2.08. The minimum absolute atomic E-state index is 0.566. The summed E-state index contributed by atoms with van der Waals surface area (Å²) in [5.41, 5.74) is 0. The van der Waals surface area contributed by atoms with Gasteiger partial charge in [-0.2, -0.15) is 0 Å². The summed E-state index contributed by atoms with van der Waals surface area (Å²) in [6.45, 7) is 4.29. The monoisotopic (exact) mass is 178 g/mol. The molecule has 0 amide bonds. The quantitative estimate of drug-likeness (QED) is 0.540. The SMILES string of the molecule is CO[Si]1(C)OCCOCCO1. The lowest BCUT2D eigenvalue weighted by Crippen LogP contribution is -2.44. The van der Waals surface area contributed by atoms with E-state index in [4.69, 9.17) is 18.0 Å². The molecule has 0 atom stereocenters. The molecule has 1 aliphatic rings. The summed E-state index contributed by atoms with van der Waals surface area (Å²) in [5, 5.41) is 0. The molecule has 5 heteroatoms. The zero-order valence-electron chi connectivity index (χ0n) is 6.96. The molecule has 0 spiro atoms. The van der Waals surface area contributed by atoms with Gasteiger partial charge in [-0.05, 0) is 0 Å². The molecule has 0 N–H and O–H groups in total. The van der Waals surface area contributed by atoms with Crippen molar-refractivity contribution in [3.8, 4) is 0 Å². The molecule has 0 aliphatic carbocycles. The predicted octanol–water partition coefficient (Wildman–Crippen LogP) is 0.265. The Hall–Kier alpha value is 0.0569. The van der Waals surface area contributed by atoms with Gasteiger partial charge in [0.25, 0.3) is 0 Å². The lowest BCUT2D eigenvalue weighted by Gasteiger charge is -2.26. The van der Waals surface area contributed by atoms with E-state index in [1.807, 2.05) is 6.55 Å². The largest absolute Gasteiger partial charge is 0.497 e. The Morgan fingerprint density at radius 1 is 1.09 bits per heavy atom. The fraction of sp³-hybridized carbons (Fsp3) is 1.00. The lowest BCUT2D eigenvalue weighted by atomic mass is 10.7. The van der Waals surface area contributed by atoms with E-state index in [1.165, 1.54) is 0 Å². The first-order chi connectivity index (χ1) is 5.27. The Balaban J connectivity index is 2.37. The van der Waals surface area contributed by atoms with Crippen LogP contribution >= 0.6 is 0 Å². The molecule has 0 aromatic carbocycles. The van der Waals surface area contributed by atoms with Gasteiger partial charge in [0.2, 0.25) is 0 Å². The molecular formula is C6H14O4Si. The summed E-state index contributed by atoms with van der Waals surface area (Å²) in [5.74, 6) is 0. The Bertz CT molecular complexity index is 111. The third-order valence-corrected chi connectivity index (χ3v) is 3.75. The summed E-state index contributed by atoms with van der Waals surface area (Å²) < 4.78 is 21.1. The van der Waals surface area contributed by atoms with Crippen molar-refractivity contribution in [2.45, 2.75) is 6.55 Å². The normalized spacial score (nSPS) is 25.6. The number of hydrogen-bond acceptors (Lipinski definition) is 4. The van der Waals surface area contributed by atoms with Crippen LogP contribution in [-0.2, 0) is 18.0 Å². The highest BCUT2D eigenvalue weighted by Gasteiger charge is 2.33. The summed E-state index contributed by atoms with van der Waals surface area (Å²) in [6.07, 6.45) is 0. The fourth-order valence-electron chi connectivity index (χ4n) is 0.834. The van der Waals surface area contributed by atoms with Gasteiger partial charge in [-0.25, -0.2) is 0 Å². The average Bonchev–Trinajstić information content (AvgIpc) is 1.98. The minimum atomic E-state index is -2.27. The van der Waals surface area contributed by atoms with Crippen molar-refractivity contribution in [1.82, 2.24) is 0 Å². The summed E-state index contributed by atoms with van der Waals surface area (Å²) in [6, 6.07) is 0. The molecule has 0 bridgehead atoms. The molecule has 1 saturated heterocycles. The van der Waals surface area contributed by atoms with Crippen LogP contribution in [0.1, 0.15) is 0 Å². The van der Waals surface area contributed by atoms with Crippen LogP contribution in [-0.4, -0.2) is 42.3 Å². The standard InChI is InChI=1S/C6H14O4Si/c1-7-11(2)9-5-3-8-4-6-10-11/h3-6H2,1-2H3. The van der Waals surface area contributed by atoms with Crippen LogP contribution in [0, 0.1) is 0 Å². The van der Waals surface area contributed by atoms with Crippen LogP contribution in [0.5, 0.6) is 0 Å². The van der Waals surface area contributed by atoms with Crippen molar-refractivity contribution in [1.29, 1.82) is 0 Å². The van der Waals surface area contributed by atoms with E-state index >= 15 is 0 Å². The van der Waals surface area contributed by atoms with Gasteiger partial charge in [0, 0.05) is 13.7 Å². The molecule has 0 radical (unpaired) electrons. The molecule has 1 aliphatic heterocycles. The smallest absolute Gasteiger partial charge is 0.377 e. The Labute approximate surface area is 67.8 Å². The van der Waals surface area contributed by atoms with Gasteiger partial charge in [-0.1, -0.05) is 0 Å². The second-order valence-electron chi connectivity index (χ2n) is 2.38. The zero-order chi connectivity index (χ0) is 8.16. The summed E-state index contributed by atoms with van der Waals surface area (Å²) >= 11 is 0. The molecule has 4 nitrogen and oxygen atoms in total. The number of rotatable bonds is 1. The van der Waals surface area contributed by atoms with Gasteiger partial charge in [0.15, 0.2) is 0 Å². The van der Waals surface area contributed by atoms with Gasteiger partial charge >= 0.3 is 8.80 Å². The first kappa shape index (κ1) is 9.15. The van der Waals surface area contributed by atoms with E-state index in [-0.39, 0.29) is 0 Å². The first-order valence-corrected chi connectivity index (χ1v) is 5.90. The highest BCUT2D eigenvalue weighted by atomic mass is 28.4. The van der Waals surface area contributed by atoms with Crippen LogP contribution in [0.2, 0.25) is 6.55 Å². The van der Waals surface area contributed by atoms with Crippen LogP contribution in [0.3, 0.4) is 0 Å². The lowest BCUT2D eigenvalue weighted by molar-refractivity contribution is -0.00593. The van der Waals surface area contributed by atoms with Gasteiger partial charge < -0.3 is 18.0 Å². The molecule has 1 rings (SSSR count). The van der Waals surface area contributed by atoms with Crippen LogP contribution in [0.25, 0.3) is 0 Å². The van der Waals surface area contributed by atoms with Crippen LogP contribution in [0.4, 0.5) is 0 Å².